The van der Waals surface area contributed by atoms with Gasteiger partial charge in [0, 0.05) is 23.5 Å². The smallest absolute Gasteiger partial charge is 0.335 e. The first-order valence-corrected chi connectivity index (χ1v) is 9.79. The summed E-state index contributed by atoms with van der Waals surface area (Å²) in [6.07, 6.45) is 1.22. The van der Waals surface area contributed by atoms with Crippen LogP contribution in [-0.4, -0.2) is 40.6 Å². The van der Waals surface area contributed by atoms with E-state index in [0.29, 0.717) is 0 Å². The van der Waals surface area contributed by atoms with Crippen LogP contribution in [0, 0.1) is 0 Å². The molecule has 3 rings (SSSR count). The number of benzene rings is 2. The molecule has 1 heterocycles. The first-order chi connectivity index (χ1) is 14.2. The molecule has 0 unspecified atom stereocenters. The molecule has 5 N–H and O–H groups in total. The van der Waals surface area contributed by atoms with Gasteiger partial charge in [0.05, 0.1) is 10.5 Å². The molecule has 154 valence electrons. The van der Waals surface area contributed by atoms with Gasteiger partial charge in [-0.15, -0.1) is 0 Å². The number of phenols is 2. The summed E-state index contributed by atoms with van der Waals surface area (Å²) in [7, 11) is -4.15. The van der Waals surface area contributed by atoms with Crippen molar-refractivity contribution in [1.29, 1.82) is 0 Å². The number of carbonyl (C=O) groups excluding carboxylic acids is 1. The van der Waals surface area contributed by atoms with Crippen LogP contribution in [0.2, 0.25) is 0 Å². The van der Waals surface area contributed by atoms with E-state index in [1.807, 2.05) is 0 Å². The van der Waals surface area contributed by atoms with E-state index in [0.717, 1.165) is 12.1 Å². The van der Waals surface area contributed by atoms with Crippen molar-refractivity contribution in [2.24, 2.45) is 0 Å². The first kappa shape index (κ1) is 20.6. The standard InChI is InChI=1S/C19H15N3O7S/c23-15-5-4-13(10-16(15)24)21-18(25)11-6-7-20-17(9-11)22-30(28,29)14-3-1-2-12(8-14)19(26)27/h1-10,23-24H,(H,20,22)(H,21,25)(H,26,27). The second kappa shape index (κ2) is 8.09. The number of aromatic hydroxyl groups is 2. The Morgan fingerprint density at radius 2 is 1.67 bits per heavy atom. The van der Waals surface area contributed by atoms with Gasteiger partial charge in [0.2, 0.25) is 0 Å². The van der Waals surface area contributed by atoms with Crippen molar-refractivity contribution < 1.29 is 33.3 Å². The summed E-state index contributed by atoms with van der Waals surface area (Å²) in [6, 6.07) is 11.0. The third kappa shape index (κ3) is 4.64. The number of aromatic nitrogens is 1. The van der Waals surface area contributed by atoms with Crippen LogP contribution in [0.4, 0.5) is 11.5 Å². The summed E-state index contributed by atoms with van der Waals surface area (Å²) in [5, 5.41) is 30.3. The average molecular weight is 429 g/mol. The summed E-state index contributed by atoms with van der Waals surface area (Å²) in [5.74, 6) is -2.81. The number of anilines is 2. The fourth-order valence-corrected chi connectivity index (χ4v) is 3.47. The van der Waals surface area contributed by atoms with Crippen LogP contribution in [0.15, 0.2) is 65.7 Å². The molecular weight excluding hydrogens is 414 g/mol. The molecule has 0 aliphatic rings. The molecule has 0 fully saturated rings. The van der Waals surface area contributed by atoms with Crippen molar-refractivity contribution in [2.45, 2.75) is 4.90 Å². The van der Waals surface area contributed by atoms with E-state index in [1.165, 1.54) is 48.7 Å². The number of amides is 1. The lowest BCUT2D eigenvalue weighted by Crippen LogP contribution is -2.16. The van der Waals surface area contributed by atoms with Gasteiger partial charge in [-0.25, -0.2) is 18.2 Å². The number of hydrogen-bond acceptors (Lipinski definition) is 7. The number of nitrogens with zero attached hydrogens (tertiary/aromatic N) is 1. The fraction of sp³-hybridized carbons (Fsp3) is 0. The third-order valence-electron chi connectivity index (χ3n) is 3.89. The number of sulfonamides is 1. The van der Waals surface area contributed by atoms with Crippen molar-refractivity contribution in [3.8, 4) is 11.5 Å². The highest BCUT2D eigenvalue weighted by Gasteiger charge is 2.18. The molecule has 0 bridgehead atoms. The van der Waals surface area contributed by atoms with Crippen molar-refractivity contribution >= 4 is 33.4 Å². The Morgan fingerprint density at radius 3 is 2.37 bits per heavy atom. The first-order valence-electron chi connectivity index (χ1n) is 8.31. The molecule has 11 heteroatoms. The number of rotatable bonds is 6. The van der Waals surface area contributed by atoms with Crippen LogP contribution in [0.3, 0.4) is 0 Å². The fourth-order valence-electron chi connectivity index (χ4n) is 2.42. The molecule has 2 aromatic carbocycles. The molecule has 0 saturated heterocycles. The Kier molecular flexibility index (Phi) is 5.56. The van der Waals surface area contributed by atoms with E-state index < -0.39 is 27.6 Å². The minimum absolute atomic E-state index is 0.0644. The molecule has 0 saturated carbocycles. The number of nitrogens with one attached hydrogen (secondary N) is 2. The lowest BCUT2D eigenvalue weighted by Gasteiger charge is -2.10. The summed E-state index contributed by atoms with van der Waals surface area (Å²) >= 11 is 0. The predicted octanol–water partition coefficient (Wildman–Crippen LogP) is 2.24. The van der Waals surface area contributed by atoms with E-state index in [1.54, 1.807) is 0 Å². The van der Waals surface area contributed by atoms with Gasteiger partial charge < -0.3 is 20.6 Å². The van der Waals surface area contributed by atoms with Gasteiger partial charge in [-0.2, -0.15) is 0 Å². The number of pyridine rings is 1. The van der Waals surface area contributed by atoms with Crippen LogP contribution in [0.5, 0.6) is 11.5 Å². The number of hydrogen-bond donors (Lipinski definition) is 5. The van der Waals surface area contributed by atoms with E-state index in [4.69, 9.17) is 5.11 Å². The van der Waals surface area contributed by atoms with Crippen molar-refractivity contribution in [2.75, 3.05) is 10.0 Å². The Labute approximate surface area is 170 Å². The molecule has 0 radical (unpaired) electrons. The zero-order valence-corrected chi connectivity index (χ0v) is 15.9. The SMILES string of the molecule is O=C(O)c1cccc(S(=O)(=O)Nc2cc(C(=O)Nc3ccc(O)c(O)c3)ccn2)c1. The molecule has 10 nitrogen and oxygen atoms in total. The lowest BCUT2D eigenvalue weighted by atomic mass is 10.2. The van der Waals surface area contributed by atoms with E-state index in [9.17, 15) is 28.2 Å². The highest BCUT2D eigenvalue weighted by atomic mass is 32.2. The van der Waals surface area contributed by atoms with Crippen LogP contribution in [0.1, 0.15) is 20.7 Å². The molecule has 0 aliphatic carbocycles. The minimum Gasteiger partial charge on any atom is -0.504 e. The molecule has 30 heavy (non-hydrogen) atoms. The van der Waals surface area contributed by atoms with Gasteiger partial charge >= 0.3 is 5.97 Å². The zero-order valence-electron chi connectivity index (χ0n) is 15.1. The number of phenolic OH excluding ortho intramolecular Hbond substituents is 2. The minimum atomic E-state index is -4.15. The highest BCUT2D eigenvalue weighted by Crippen LogP contribution is 2.27. The lowest BCUT2D eigenvalue weighted by molar-refractivity contribution is 0.0696. The molecule has 1 amide bonds. The van der Waals surface area contributed by atoms with Crippen LogP contribution in [-0.2, 0) is 10.0 Å². The topological polar surface area (TPSA) is 166 Å². The van der Waals surface area contributed by atoms with Crippen molar-refractivity contribution in [3.05, 3.63) is 71.9 Å². The van der Waals surface area contributed by atoms with Gasteiger partial charge in [-0.3, -0.25) is 9.52 Å². The zero-order chi connectivity index (χ0) is 21.9. The van der Waals surface area contributed by atoms with E-state index >= 15 is 0 Å². The molecular formula is C19H15N3O7S. The number of carboxylic acids is 1. The Bertz CT molecular complexity index is 1240. The van der Waals surface area contributed by atoms with Gasteiger partial charge in [-0.05, 0) is 42.5 Å². The third-order valence-corrected chi connectivity index (χ3v) is 5.24. The van der Waals surface area contributed by atoms with Gasteiger partial charge in [0.25, 0.3) is 15.9 Å². The van der Waals surface area contributed by atoms with Crippen LogP contribution < -0.4 is 10.0 Å². The maximum Gasteiger partial charge on any atom is 0.335 e. The second-order valence-corrected chi connectivity index (χ2v) is 7.71. The maximum atomic E-state index is 12.5. The molecule has 0 atom stereocenters. The summed E-state index contributed by atoms with van der Waals surface area (Å²) in [6.45, 7) is 0. The van der Waals surface area contributed by atoms with E-state index in [2.05, 4.69) is 15.0 Å². The monoisotopic (exact) mass is 429 g/mol. The van der Waals surface area contributed by atoms with E-state index in [-0.39, 0.29) is 33.3 Å². The highest BCUT2D eigenvalue weighted by molar-refractivity contribution is 7.92. The maximum absolute atomic E-state index is 12.5. The Hall–Kier alpha value is -4.12. The Morgan fingerprint density at radius 1 is 0.900 bits per heavy atom. The quantitative estimate of drug-likeness (QED) is 0.294. The number of aromatic carboxylic acids is 1. The van der Waals surface area contributed by atoms with Crippen LogP contribution >= 0.6 is 0 Å². The molecule has 1 aromatic heterocycles. The normalized spacial score (nSPS) is 10.9. The van der Waals surface area contributed by atoms with Gasteiger partial charge in [0.15, 0.2) is 11.5 Å². The summed E-state index contributed by atoms with van der Waals surface area (Å²) in [5.41, 5.74) is 0.0744. The van der Waals surface area contributed by atoms with Crippen LogP contribution in [0.25, 0.3) is 0 Å². The van der Waals surface area contributed by atoms with Gasteiger partial charge in [0.1, 0.15) is 5.82 Å². The summed E-state index contributed by atoms with van der Waals surface area (Å²) in [4.78, 5) is 27.0. The van der Waals surface area contributed by atoms with Crippen molar-refractivity contribution in [3.63, 3.8) is 0 Å². The summed E-state index contributed by atoms with van der Waals surface area (Å²) < 4.78 is 27.2. The molecule has 0 spiro atoms. The largest absolute Gasteiger partial charge is 0.504 e. The van der Waals surface area contributed by atoms with Gasteiger partial charge in [-0.1, -0.05) is 6.07 Å². The predicted molar refractivity (Wildman–Crippen MR) is 106 cm³/mol. The number of carboxylic acid groups (broad SMARTS) is 1. The van der Waals surface area contributed by atoms with Crippen molar-refractivity contribution in [1.82, 2.24) is 4.98 Å². The molecule has 3 aromatic rings. The average Bonchev–Trinajstić information content (AvgIpc) is 2.70. The second-order valence-electron chi connectivity index (χ2n) is 6.03. The molecule has 0 aliphatic heterocycles. The Balaban J connectivity index is 1.81. The number of carbonyl (C=O) groups is 2.